The highest BCUT2D eigenvalue weighted by Gasteiger charge is 2.20. The first kappa shape index (κ1) is 12.4. The van der Waals surface area contributed by atoms with Gasteiger partial charge in [-0.15, -0.1) is 0 Å². The third kappa shape index (κ3) is 5.06. The highest BCUT2D eigenvalue weighted by atomic mass is 32.2. The summed E-state index contributed by atoms with van der Waals surface area (Å²) in [6.45, 7) is 4.93. The van der Waals surface area contributed by atoms with Crippen LogP contribution in [-0.4, -0.2) is 29.4 Å². The van der Waals surface area contributed by atoms with Gasteiger partial charge in [-0.25, -0.2) is 0 Å². The first-order valence-corrected chi connectivity index (χ1v) is 6.28. The molecule has 1 fully saturated rings. The molecule has 0 spiro atoms. The van der Waals surface area contributed by atoms with Crippen LogP contribution in [0.1, 0.15) is 26.7 Å². The predicted octanol–water partition coefficient (Wildman–Crippen LogP) is 0.969. The van der Waals surface area contributed by atoms with Crippen LogP contribution in [0.5, 0.6) is 0 Å². The molecule has 1 aliphatic rings. The molecule has 1 saturated heterocycles. The molecule has 1 rings (SSSR count). The van der Waals surface area contributed by atoms with Gasteiger partial charge in [0.05, 0.1) is 6.54 Å². The number of hydrogen-bond acceptors (Lipinski definition) is 3. The monoisotopic (exact) mass is 229 g/mol. The summed E-state index contributed by atoms with van der Waals surface area (Å²) < 4.78 is 0. The zero-order valence-electron chi connectivity index (χ0n) is 9.32. The van der Waals surface area contributed by atoms with Gasteiger partial charge >= 0.3 is 0 Å². The molecule has 1 atom stereocenters. The number of hydrogen-bond donors (Lipinski definition) is 2. The van der Waals surface area contributed by atoms with Gasteiger partial charge in [-0.3, -0.25) is 9.79 Å². The van der Waals surface area contributed by atoms with Crippen LogP contribution in [-0.2, 0) is 4.79 Å². The molecule has 0 aliphatic carbocycles. The molecule has 1 amide bonds. The van der Waals surface area contributed by atoms with E-state index in [2.05, 4.69) is 24.2 Å². The molecule has 1 heterocycles. The van der Waals surface area contributed by atoms with Crippen LogP contribution in [0.25, 0.3) is 0 Å². The van der Waals surface area contributed by atoms with Crippen LogP contribution in [0, 0.1) is 5.92 Å². The number of nitrogens with zero attached hydrogens (tertiary/aromatic N) is 1. The molecule has 0 aromatic carbocycles. The lowest BCUT2D eigenvalue weighted by Gasteiger charge is -2.11. The van der Waals surface area contributed by atoms with Crippen LogP contribution in [0.15, 0.2) is 4.99 Å². The Morgan fingerprint density at radius 2 is 2.47 bits per heavy atom. The summed E-state index contributed by atoms with van der Waals surface area (Å²) in [5.74, 6) is 1.49. The Labute approximate surface area is 95.1 Å². The minimum Gasteiger partial charge on any atom is -0.370 e. The number of rotatable bonds is 5. The Kier molecular flexibility index (Phi) is 4.94. The van der Waals surface area contributed by atoms with Crippen LogP contribution in [0.2, 0.25) is 0 Å². The van der Waals surface area contributed by atoms with Crippen molar-refractivity contribution in [1.29, 1.82) is 0 Å². The Morgan fingerprint density at radius 3 is 3.07 bits per heavy atom. The second-order valence-corrected chi connectivity index (χ2v) is 5.19. The number of carbonyl (C=O) groups excluding carboxylic acids is 1. The number of amides is 1. The molecule has 5 heteroatoms. The minimum atomic E-state index is -0.291. The van der Waals surface area contributed by atoms with E-state index in [0.717, 1.165) is 10.9 Å². The highest BCUT2D eigenvalue weighted by molar-refractivity contribution is 8.14. The molecule has 0 saturated carbocycles. The van der Waals surface area contributed by atoms with Crippen molar-refractivity contribution in [3.05, 3.63) is 0 Å². The molecule has 0 bridgehead atoms. The Bertz CT molecular complexity index is 253. The fourth-order valence-corrected chi connectivity index (χ4v) is 2.50. The Morgan fingerprint density at radius 1 is 1.73 bits per heavy atom. The third-order valence-corrected chi connectivity index (χ3v) is 3.21. The topological polar surface area (TPSA) is 67.5 Å². The average Bonchev–Trinajstić information content (AvgIpc) is 2.50. The number of nitrogens with one attached hydrogen (secondary N) is 1. The molecule has 4 nitrogen and oxygen atoms in total. The number of primary amides is 1. The normalized spacial score (nSPS) is 23.4. The Balaban J connectivity index is 2.26. The van der Waals surface area contributed by atoms with Crippen molar-refractivity contribution in [2.75, 3.05) is 12.3 Å². The van der Waals surface area contributed by atoms with Gasteiger partial charge in [0.15, 0.2) is 5.17 Å². The van der Waals surface area contributed by atoms with Gasteiger partial charge < -0.3 is 11.1 Å². The molecule has 3 N–H and O–H groups in total. The molecule has 0 radical (unpaired) electrons. The van der Waals surface area contributed by atoms with Crippen LogP contribution in [0.3, 0.4) is 0 Å². The quantitative estimate of drug-likeness (QED) is 0.738. The SMILES string of the molecule is CC(C)CC1CSC(=NCCC(N)=O)N1. The number of thioether (sulfide) groups is 1. The molecule has 1 aliphatic heterocycles. The van der Waals surface area contributed by atoms with E-state index in [1.807, 2.05) is 0 Å². The predicted molar refractivity (Wildman–Crippen MR) is 65.0 cm³/mol. The lowest BCUT2D eigenvalue weighted by atomic mass is 10.1. The number of aliphatic imine (C=N–C) groups is 1. The van der Waals surface area contributed by atoms with Crippen molar-refractivity contribution in [2.24, 2.45) is 16.6 Å². The maximum Gasteiger partial charge on any atom is 0.219 e. The fraction of sp³-hybridized carbons (Fsp3) is 0.800. The van der Waals surface area contributed by atoms with Crippen LogP contribution in [0.4, 0.5) is 0 Å². The van der Waals surface area contributed by atoms with E-state index in [0.29, 0.717) is 24.9 Å². The summed E-state index contributed by atoms with van der Waals surface area (Å²) in [4.78, 5) is 14.8. The standard InChI is InChI=1S/C10H19N3OS/c1-7(2)5-8-6-15-10(13-8)12-4-3-9(11)14/h7-8H,3-6H2,1-2H3,(H2,11,14)(H,12,13). The van der Waals surface area contributed by atoms with Crippen LogP contribution < -0.4 is 11.1 Å². The minimum absolute atomic E-state index is 0.291. The maximum atomic E-state index is 10.5. The molecule has 0 aromatic rings. The molecule has 0 aromatic heterocycles. The van der Waals surface area contributed by atoms with Crippen molar-refractivity contribution in [1.82, 2.24) is 5.32 Å². The van der Waals surface area contributed by atoms with Gasteiger partial charge in [-0.2, -0.15) is 0 Å². The van der Waals surface area contributed by atoms with Crippen LogP contribution >= 0.6 is 11.8 Å². The van der Waals surface area contributed by atoms with Crippen molar-refractivity contribution in [3.8, 4) is 0 Å². The molecular formula is C10H19N3OS. The van der Waals surface area contributed by atoms with Crippen molar-refractivity contribution < 1.29 is 4.79 Å². The second kappa shape index (κ2) is 6.00. The number of carbonyl (C=O) groups is 1. The maximum absolute atomic E-state index is 10.5. The largest absolute Gasteiger partial charge is 0.370 e. The number of nitrogens with two attached hydrogens (primary N) is 1. The lowest BCUT2D eigenvalue weighted by Crippen LogP contribution is -2.28. The smallest absolute Gasteiger partial charge is 0.219 e. The van der Waals surface area contributed by atoms with Gasteiger partial charge in [-0.05, 0) is 12.3 Å². The van der Waals surface area contributed by atoms with Gasteiger partial charge in [-0.1, -0.05) is 25.6 Å². The van der Waals surface area contributed by atoms with E-state index < -0.39 is 0 Å². The fourth-order valence-electron chi connectivity index (χ4n) is 1.49. The summed E-state index contributed by atoms with van der Waals surface area (Å²) in [5, 5.41) is 4.32. The molecule has 15 heavy (non-hydrogen) atoms. The highest BCUT2D eigenvalue weighted by Crippen LogP contribution is 2.18. The summed E-state index contributed by atoms with van der Waals surface area (Å²) in [6.07, 6.45) is 1.50. The van der Waals surface area contributed by atoms with E-state index in [-0.39, 0.29) is 5.91 Å². The molecular weight excluding hydrogens is 210 g/mol. The summed E-state index contributed by atoms with van der Waals surface area (Å²) in [7, 11) is 0. The van der Waals surface area contributed by atoms with E-state index in [1.54, 1.807) is 11.8 Å². The third-order valence-electron chi connectivity index (χ3n) is 2.12. The van der Waals surface area contributed by atoms with Gasteiger partial charge in [0, 0.05) is 18.2 Å². The summed E-state index contributed by atoms with van der Waals surface area (Å²) in [5.41, 5.74) is 5.03. The summed E-state index contributed by atoms with van der Waals surface area (Å²) in [6, 6.07) is 0.530. The van der Waals surface area contributed by atoms with E-state index in [4.69, 9.17) is 5.73 Å². The van der Waals surface area contributed by atoms with Crippen molar-refractivity contribution in [2.45, 2.75) is 32.7 Å². The van der Waals surface area contributed by atoms with Crippen molar-refractivity contribution >= 4 is 22.8 Å². The second-order valence-electron chi connectivity index (χ2n) is 4.19. The van der Waals surface area contributed by atoms with Gasteiger partial charge in [0.2, 0.25) is 5.91 Å². The molecule has 86 valence electrons. The average molecular weight is 229 g/mol. The van der Waals surface area contributed by atoms with Crippen molar-refractivity contribution in [3.63, 3.8) is 0 Å². The Hall–Kier alpha value is -0.710. The summed E-state index contributed by atoms with van der Waals surface area (Å²) >= 11 is 1.73. The zero-order chi connectivity index (χ0) is 11.3. The lowest BCUT2D eigenvalue weighted by molar-refractivity contribution is -0.117. The van der Waals surface area contributed by atoms with E-state index in [1.165, 1.54) is 6.42 Å². The zero-order valence-corrected chi connectivity index (χ0v) is 10.1. The molecule has 1 unspecified atom stereocenters. The first-order chi connectivity index (χ1) is 7.08. The first-order valence-electron chi connectivity index (χ1n) is 5.30. The van der Waals surface area contributed by atoms with E-state index >= 15 is 0 Å². The van der Waals surface area contributed by atoms with E-state index in [9.17, 15) is 4.79 Å². The van der Waals surface area contributed by atoms with Gasteiger partial charge in [0.1, 0.15) is 0 Å². The van der Waals surface area contributed by atoms with Gasteiger partial charge in [0.25, 0.3) is 0 Å². The number of amidine groups is 1.